The van der Waals surface area contributed by atoms with Crippen LogP contribution in [0.2, 0.25) is 5.02 Å². The van der Waals surface area contributed by atoms with Crippen molar-refractivity contribution in [2.24, 2.45) is 0 Å². The molecule has 29 heavy (non-hydrogen) atoms. The van der Waals surface area contributed by atoms with Crippen molar-refractivity contribution in [3.05, 3.63) is 88.7 Å². The van der Waals surface area contributed by atoms with Gasteiger partial charge in [0.05, 0.1) is 6.04 Å². The van der Waals surface area contributed by atoms with E-state index < -0.39 is 0 Å². The van der Waals surface area contributed by atoms with Crippen LogP contribution in [-0.2, 0) is 12.3 Å². The monoisotopic (exact) mass is 426 g/mol. The number of nitrogens with one attached hydrogen (secondary N) is 1. The Kier molecular flexibility index (Phi) is 7.12. The van der Waals surface area contributed by atoms with E-state index in [1.54, 1.807) is 42.1 Å². The third kappa shape index (κ3) is 5.49. The smallest absolute Gasteiger partial charge is 0.251 e. The van der Waals surface area contributed by atoms with E-state index in [4.69, 9.17) is 11.6 Å². The average Bonchev–Trinajstić information content (AvgIpc) is 3.11. The van der Waals surface area contributed by atoms with Crippen molar-refractivity contribution in [2.75, 3.05) is 0 Å². The number of hydrogen-bond acceptors (Lipinski definition) is 4. The molecule has 7 heteroatoms. The Hall–Kier alpha value is -2.57. The fourth-order valence-electron chi connectivity index (χ4n) is 2.81. The summed E-state index contributed by atoms with van der Waals surface area (Å²) >= 11 is 7.51. The largest absolute Gasteiger partial charge is 0.342 e. The molecular weight excluding hydrogens is 404 g/mol. The summed E-state index contributed by atoms with van der Waals surface area (Å²) in [4.78, 5) is 12.5. The van der Waals surface area contributed by atoms with Crippen LogP contribution in [0, 0.1) is 6.92 Å². The summed E-state index contributed by atoms with van der Waals surface area (Å²) in [6.45, 7) is 8.37. The number of halogens is 1. The second-order valence-electron chi connectivity index (χ2n) is 6.72. The number of rotatable bonds is 8. The van der Waals surface area contributed by atoms with Crippen molar-refractivity contribution in [1.29, 1.82) is 0 Å². The highest BCUT2D eigenvalue weighted by Gasteiger charge is 2.20. The molecule has 2 aromatic carbocycles. The first kappa shape index (κ1) is 21.1. The number of carbonyl (C=O) groups is 1. The van der Waals surface area contributed by atoms with Crippen LogP contribution in [0.15, 0.2) is 66.3 Å². The van der Waals surface area contributed by atoms with Gasteiger partial charge in [0.1, 0.15) is 0 Å². The molecule has 0 aliphatic rings. The summed E-state index contributed by atoms with van der Waals surface area (Å²) in [6, 6.07) is 14.9. The Bertz CT molecular complexity index is 983. The number of amides is 1. The van der Waals surface area contributed by atoms with Crippen molar-refractivity contribution >= 4 is 29.3 Å². The predicted octanol–water partition coefficient (Wildman–Crippen LogP) is 5.21. The summed E-state index contributed by atoms with van der Waals surface area (Å²) in [5.74, 6) is 1.30. The number of allylic oxidation sites excluding steroid dienone is 1. The molecule has 0 saturated heterocycles. The summed E-state index contributed by atoms with van der Waals surface area (Å²) in [6.07, 6.45) is 1.80. The van der Waals surface area contributed by atoms with E-state index in [2.05, 4.69) is 53.3 Å². The number of hydrogen-bond donors (Lipinski definition) is 1. The molecule has 1 heterocycles. The first-order chi connectivity index (χ1) is 14.0. The Morgan fingerprint density at radius 1 is 1.21 bits per heavy atom. The Balaban J connectivity index is 1.72. The molecule has 3 aromatic rings. The number of carbonyl (C=O) groups excluding carboxylic acids is 1. The lowest BCUT2D eigenvalue weighted by molar-refractivity contribution is 0.0937. The third-order valence-electron chi connectivity index (χ3n) is 4.39. The van der Waals surface area contributed by atoms with Gasteiger partial charge in [0, 0.05) is 22.9 Å². The lowest BCUT2D eigenvalue weighted by Crippen LogP contribution is -2.28. The number of nitrogens with zero attached hydrogens (tertiary/aromatic N) is 3. The number of aryl methyl sites for hydroxylation is 1. The lowest BCUT2D eigenvalue weighted by Gasteiger charge is -2.15. The van der Waals surface area contributed by atoms with Crippen LogP contribution in [0.4, 0.5) is 0 Å². The van der Waals surface area contributed by atoms with Gasteiger partial charge in [-0.3, -0.25) is 4.79 Å². The molecule has 5 nitrogen and oxygen atoms in total. The molecule has 0 aliphatic heterocycles. The van der Waals surface area contributed by atoms with Crippen LogP contribution in [0.25, 0.3) is 0 Å². The first-order valence-electron chi connectivity index (χ1n) is 9.26. The second kappa shape index (κ2) is 9.76. The maximum Gasteiger partial charge on any atom is 0.251 e. The molecule has 3 rings (SSSR count). The van der Waals surface area contributed by atoms with E-state index >= 15 is 0 Å². The molecule has 1 aromatic heterocycles. The normalized spacial score (nSPS) is 11.8. The van der Waals surface area contributed by atoms with Crippen molar-refractivity contribution in [2.45, 2.75) is 37.3 Å². The highest BCUT2D eigenvalue weighted by Crippen LogP contribution is 2.24. The van der Waals surface area contributed by atoms with Crippen LogP contribution in [0.3, 0.4) is 0 Å². The van der Waals surface area contributed by atoms with Gasteiger partial charge in [0.15, 0.2) is 11.0 Å². The highest BCUT2D eigenvalue weighted by atomic mass is 35.5. The molecule has 0 radical (unpaired) electrons. The molecule has 150 valence electrons. The van der Waals surface area contributed by atoms with Gasteiger partial charge in [-0.25, -0.2) is 0 Å². The quantitative estimate of drug-likeness (QED) is 0.396. The first-order valence-corrected chi connectivity index (χ1v) is 10.6. The maximum atomic E-state index is 12.5. The zero-order valence-corrected chi connectivity index (χ0v) is 18.0. The SMILES string of the molecule is C=CCn1c(SCc2ccc(C)cc2)nnc1[C@@H](C)NC(=O)c1ccc(Cl)cc1. The Morgan fingerprint density at radius 2 is 1.90 bits per heavy atom. The predicted molar refractivity (Wildman–Crippen MR) is 118 cm³/mol. The molecule has 0 saturated carbocycles. The van der Waals surface area contributed by atoms with E-state index in [0.29, 0.717) is 23.0 Å². The molecule has 0 aliphatic carbocycles. The fourth-order valence-corrected chi connectivity index (χ4v) is 3.84. The zero-order valence-electron chi connectivity index (χ0n) is 16.4. The van der Waals surface area contributed by atoms with E-state index in [0.717, 1.165) is 10.9 Å². The van der Waals surface area contributed by atoms with Gasteiger partial charge in [-0.05, 0) is 43.7 Å². The molecule has 1 atom stereocenters. The van der Waals surface area contributed by atoms with Gasteiger partial charge in [-0.1, -0.05) is 59.3 Å². The zero-order chi connectivity index (χ0) is 20.8. The summed E-state index contributed by atoms with van der Waals surface area (Å²) in [5.41, 5.74) is 3.01. The molecule has 0 bridgehead atoms. The van der Waals surface area contributed by atoms with Crippen LogP contribution in [0.1, 0.15) is 40.3 Å². The standard InChI is InChI=1S/C22H23ClN4OS/c1-4-13-27-20(16(3)24-21(28)18-9-11-19(23)12-10-18)25-26-22(27)29-14-17-7-5-15(2)6-8-17/h4-12,16H,1,13-14H2,2-3H3,(H,24,28)/t16-/m1/s1. The van der Waals surface area contributed by atoms with Crippen molar-refractivity contribution in [1.82, 2.24) is 20.1 Å². The maximum absolute atomic E-state index is 12.5. The average molecular weight is 427 g/mol. The molecular formula is C22H23ClN4OS. The lowest BCUT2D eigenvalue weighted by atomic mass is 10.2. The van der Waals surface area contributed by atoms with Gasteiger partial charge in [-0.15, -0.1) is 16.8 Å². The van der Waals surface area contributed by atoms with Crippen LogP contribution in [0.5, 0.6) is 0 Å². The minimum atomic E-state index is -0.306. The van der Waals surface area contributed by atoms with E-state index in [1.807, 2.05) is 11.5 Å². The van der Waals surface area contributed by atoms with Crippen LogP contribution >= 0.6 is 23.4 Å². The van der Waals surface area contributed by atoms with Gasteiger partial charge in [-0.2, -0.15) is 0 Å². The van der Waals surface area contributed by atoms with Gasteiger partial charge >= 0.3 is 0 Å². The fraction of sp³-hybridized carbons (Fsp3) is 0.227. The van der Waals surface area contributed by atoms with E-state index in [9.17, 15) is 4.79 Å². The van der Waals surface area contributed by atoms with Gasteiger partial charge in [0.2, 0.25) is 0 Å². The topological polar surface area (TPSA) is 59.8 Å². The summed E-state index contributed by atoms with van der Waals surface area (Å²) in [7, 11) is 0. The minimum Gasteiger partial charge on any atom is -0.342 e. The minimum absolute atomic E-state index is 0.184. The van der Waals surface area contributed by atoms with E-state index in [-0.39, 0.29) is 11.9 Å². The number of benzene rings is 2. The summed E-state index contributed by atoms with van der Waals surface area (Å²) in [5, 5.41) is 13.0. The van der Waals surface area contributed by atoms with E-state index in [1.165, 1.54) is 11.1 Å². The molecule has 0 unspecified atom stereocenters. The molecule has 1 amide bonds. The van der Waals surface area contributed by atoms with Crippen LogP contribution < -0.4 is 5.32 Å². The number of aromatic nitrogens is 3. The van der Waals surface area contributed by atoms with Gasteiger partial charge < -0.3 is 9.88 Å². The number of thioether (sulfide) groups is 1. The molecule has 0 fully saturated rings. The Labute approximate surface area is 180 Å². The highest BCUT2D eigenvalue weighted by molar-refractivity contribution is 7.98. The Morgan fingerprint density at radius 3 is 2.55 bits per heavy atom. The van der Waals surface area contributed by atoms with Crippen LogP contribution in [-0.4, -0.2) is 20.7 Å². The van der Waals surface area contributed by atoms with Crippen molar-refractivity contribution in [3.8, 4) is 0 Å². The molecule has 0 spiro atoms. The van der Waals surface area contributed by atoms with Crippen molar-refractivity contribution in [3.63, 3.8) is 0 Å². The van der Waals surface area contributed by atoms with Gasteiger partial charge in [0.25, 0.3) is 5.91 Å². The second-order valence-corrected chi connectivity index (χ2v) is 8.10. The third-order valence-corrected chi connectivity index (χ3v) is 5.68. The van der Waals surface area contributed by atoms with Crippen molar-refractivity contribution < 1.29 is 4.79 Å². The molecule has 1 N–H and O–H groups in total. The summed E-state index contributed by atoms with van der Waals surface area (Å²) < 4.78 is 1.98.